The molecule has 0 nitrogen and oxygen atoms in total. The van der Waals surface area contributed by atoms with Crippen LogP contribution in [0.25, 0.3) is 17.2 Å². The molecule has 0 unspecified atom stereocenters. The fourth-order valence-electron chi connectivity index (χ4n) is 3.20. The van der Waals surface area contributed by atoms with Gasteiger partial charge in [-0.25, -0.2) is 0 Å². The summed E-state index contributed by atoms with van der Waals surface area (Å²) in [5.41, 5.74) is 6.70. The van der Waals surface area contributed by atoms with Crippen molar-refractivity contribution in [2.24, 2.45) is 0 Å². The van der Waals surface area contributed by atoms with Crippen molar-refractivity contribution in [1.82, 2.24) is 0 Å². The molecule has 1 atom stereocenters. The zero-order valence-corrected chi connectivity index (χ0v) is 14.3. The molecule has 0 N–H and O–H groups in total. The highest BCUT2D eigenvalue weighted by molar-refractivity contribution is 9.10. The zero-order chi connectivity index (χ0) is 15.6. The van der Waals surface area contributed by atoms with E-state index in [1.54, 1.807) is 0 Å². The van der Waals surface area contributed by atoms with E-state index in [4.69, 9.17) is 0 Å². The summed E-state index contributed by atoms with van der Waals surface area (Å²) in [7, 11) is 0. The van der Waals surface area contributed by atoms with E-state index in [-0.39, 0.29) is 0 Å². The van der Waals surface area contributed by atoms with E-state index in [0.717, 1.165) is 10.9 Å². The van der Waals surface area contributed by atoms with E-state index in [9.17, 15) is 0 Å². The Morgan fingerprint density at radius 2 is 1.39 bits per heavy atom. The second kappa shape index (κ2) is 6.17. The summed E-state index contributed by atoms with van der Waals surface area (Å²) < 4.78 is 1.11. The monoisotopic (exact) mass is 360 g/mol. The van der Waals surface area contributed by atoms with Gasteiger partial charge >= 0.3 is 0 Å². The molecule has 3 aromatic rings. The highest BCUT2D eigenvalue weighted by Crippen LogP contribution is 2.31. The molecule has 0 saturated carbocycles. The highest BCUT2D eigenvalue weighted by Gasteiger charge is 2.15. The number of allylic oxidation sites excluding steroid dienone is 1. The molecule has 0 aromatic heterocycles. The molecule has 23 heavy (non-hydrogen) atoms. The molecule has 1 heteroatoms. The van der Waals surface area contributed by atoms with Gasteiger partial charge in [-0.3, -0.25) is 0 Å². The molecule has 0 bridgehead atoms. The van der Waals surface area contributed by atoms with Crippen molar-refractivity contribution in [3.8, 4) is 11.1 Å². The first-order valence-electron chi connectivity index (χ1n) is 7.91. The van der Waals surface area contributed by atoms with Gasteiger partial charge in [0.25, 0.3) is 0 Å². The lowest BCUT2D eigenvalue weighted by Gasteiger charge is -2.20. The van der Waals surface area contributed by atoms with Gasteiger partial charge in [-0.15, -0.1) is 0 Å². The average Bonchev–Trinajstić information content (AvgIpc) is 2.62. The molecular weight excluding hydrogens is 344 g/mol. The molecule has 0 radical (unpaired) electrons. The largest absolute Gasteiger partial charge is 0.0761 e. The van der Waals surface area contributed by atoms with Gasteiger partial charge in [-0.1, -0.05) is 88.7 Å². The van der Waals surface area contributed by atoms with Gasteiger partial charge in [0.05, 0.1) is 0 Å². The Morgan fingerprint density at radius 3 is 2.13 bits per heavy atom. The summed E-state index contributed by atoms with van der Waals surface area (Å²) >= 11 is 3.49. The third-order valence-corrected chi connectivity index (χ3v) is 5.05. The van der Waals surface area contributed by atoms with Gasteiger partial charge < -0.3 is 0 Å². The molecular formula is C22H17Br. The number of hydrogen-bond acceptors (Lipinski definition) is 0. The Bertz CT molecular complexity index is 842. The van der Waals surface area contributed by atoms with Gasteiger partial charge in [-0.05, 0) is 46.4 Å². The van der Waals surface area contributed by atoms with Crippen LogP contribution in [0.1, 0.15) is 22.6 Å². The topological polar surface area (TPSA) is 0 Å². The SMILES string of the molecule is Brc1ccc(-c2ccc([C@@H]3C=Cc4ccccc4C3)cc2)cc1. The first-order chi connectivity index (χ1) is 11.3. The Labute approximate surface area is 145 Å². The van der Waals surface area contributed by atoms with Gasteiger partial charge in [0.15, 0.2) is 0 Å². The number of fused-ring (bicyclic) bond motifs is 1. The Morgan fingerprint density at radius 1 is 0.739 bits per heavy atom. The number of halogens is 1. The first kappa shape index (κ1) is 14.5. The van der Waals surface area contributed by atoms with Crippen molar-refractivity contribution in [3.63, 3.8) is 0 Å². The fraction of sp³-hybridized carbons (Fsp3) is 0.0909. The molecule has 0 aliphatic heterocycles. The quantitative estimate of drug-likeness (QED) is 0.491. The van der Waals surface area contributed by atoms with E-state index in [1.807, 2.05) is 0 Å². The number of rotatable bonds is 2. The molecule has 4 rings (SSSR count). The predicted octanol–water partition coefficient (Wildman–Crippen LogP) is 6.47. The lowest BCUT2D eigenvalue weighted by atomic mass is 9.85. The van der Waals surface area contributed by atoms with E-state index in [0.29, 0.717) is 5.92 Å². The molecule has 1 aliphatic carbocycles. The van der Waals surface area contributed by atoms with Crippen LogP contribution in [0.3, 0.4) is 0 Å². The molecule has 1 aliphatic rings. The van der Waals surface area contributed by atoms with Crippen molar-refractivity contribution >= 4 is 22.0 Å². The van der Waals surface area contributed by atoms with E-state index >= 15 is 0 Å². The van der Waals surface area contributed by atoms with Crippen LogP contribution in [-0.4, -0.2) is 0 Å². The Kier molecular flexibility index (Phi) is 3.88. The van der Waals surface area contributed by atoms with E-state index in [1.165, 1.54) is 27.8 Å². The first-order valence-corrected chi connectivity index (χ1v) is 8.71. The maximum absolute atomic E-state index is 3.49. The summed E-state index contributed by atoms with van der Waals surface area (Å²) in [4.78, 5) is 0. The minimum atomic E-state index is 0.476. The summed E-state index contributed by atoms with van der Waals surface area (Å²) in [6.07, 6.45) is 5.67. The summed E-state index contributed by atoms with van der Waals surface area (Å²) in [5.74, 6) is 0.476. The minimum Gasteiger partial charge on any atom is -0.0761 e. The highest BCUT2D eigenvalue weighted by atomic mass is 79.9. The van der Waals surface area contributed by atoms with Gasteiger partial charge in [0.2, 0.25) is 0 Å². The molecule has 0 saturated heterocycles. The van der Waals surface area contributed by atoms with Crippen LogP contribution in [0.4, 0.5) is 0 Å². The van der Waals surface area contributed by atoms with Gasteiger partial charge in [-0.2, -0.15) is 0 Å². The number of hydrogen-bond donors (Lipinski definition) is 0. The fourth-order valence-corrected chi connectivity index (χ4v) is 3.47. The second-order valence-electron chi connectivity index (χ2n) is 6.00. The molecule has 0 heterocycles. The molecule has 3 aromatic carbocycles. The number of benzene rings is 3. The Hall–Kier alpha value is -2.12. The minimum absolute atomic E-state index is 0.476. The smallest absolute Gasteiger partial charge is 0.0175 e. The van der Waals surface area contributed by atoms with Crippen LogP contribution in [-0.2, 0) is 6.42 Å². The van der Waals surface area contributed by atoms with Crippen LogP contribution in [0, 0.1) is 0 Å². The predicted molar refractivity (Wildman–Crippen MR) is 101 cm³/mol. The third-order valence-electron chi connectivity index (χ3n) is 4.52. The van der Waals surface area contributed by atoms with Crippen LogP contribution in [0.5, 0.6) is 0 Å². The lowest BCUT2D eigenvalue weighted by Crippen LogP contribution is -2.05. The third kappa shape index (κ3) is 3.02. The van der Waals surface area contributed by atoms with Gasteiger partial charge in [0, 0.05) is 10.4 Å². The summed E-state index contributed by atoms with van der Waals surface area (Å²) in [6.45, 7) is 0. The maximum Gasteiger partial charge on any atom is 0.0175 e. The molecule has 0 spiro atoms. The van der Waals surface area contributed by atoms with Crippen molar-refractivity contribution < 1.29 is 0 Å². The molecule has 0 amide bonds. The average molecular weight is 361 g/mol. The van der Waals surface area contributed by atoms with Gasteiger partial charge in [0.1, 0.15) is 0 Å². The van der Waals surface area contributed by atoms with Crippen molar-refractivity contribution in [1.29, 1.82) is 0 Å². The Balaban J connectivity index is 1.59. The van der Waals surface area contributed by atoms with Crippen molar-refractivity contribution in [2.45, 2.75) is 12.3 Å². The van der Waals surface area contributed by atoms with Crippen LogP contribution < -0.4 is 0 Å². The summed E-state index contributed by atoms with van der Waals surface area (Å²) in [6, 6.07) is 26.1. The maximum atomic E-state index is 3.49. The molecule has 0 fully saturated rings. The summed E-state index contributed by atoms with van der Waals surface area (Å²) in [5, 5.41) is 0. The lowest BCUT2D eigenvalue weighted by molar-refractivity contribution is 0.827. The molecule has 112 valence electrons. The van der Waals surface area contributed by atoms with Crippen LogP contribution >= 0.6 is 15.9 Å². The van der Waals surface area contributed by atoms with Crippen LogP contribution in [0.2, 0.25) is 0 Å². The van der Waals surface area contributed by atoms with Crippen LogP contribution in [0.15, 0.2) is 83.3 Å². The zero-order valence-electron chi connectivity index (χ0n) is 12.7. The second-order valence-corrected chi connectivity index (χ2v) is 6.91. The van der Waals surface area contributed by atoms with Crippen molar-refractivity contribution in [2.75, 3.05) is 0 Å². The normalized spacial score (nSPS) is 16.1. The van der Waals surface area contributed by atoms with E-state index in [2.05, 4.69) is 101 Å². The van der Waals surface area contributed by atoms with E-state index < -0.39 is 0 Å². The van der Waals surface area contributed by atoms with Crippen molar-refractivity contribution in [3.05, 3.63) is 100 Å². The standard InChI is InChI=1S/C22H17Br/c23-22-13-11-18(12-14-22)17-5-7-19(8-6-17)21-10-9-16-3-1-2-4-20(16)15-21/h1-14,21H,15H2/t21-/m1/s1.